The lowest BCUT2D eigenvalue weighted by Gasteiger charge is -2.21. The summed E-state index contributed by atoms with van der Waals surface area (Å²) in [5, 5.41) is 0. The SMILES string of the molecule is CCCCOC(=O)C(OCCCC)C(=O)c1cccc(CCC)c1C(=O)C(OCCCC)C(=O)OCCCC. The summed E-state index contributed by atoms with van der Waals surface area (Å²) in [6.07, 6.45) is 4.12. The smallest absolute Gasteiger partial charge is 0.343 e. The number of rotatable bonds is 22. The maximum absolute atomic E-state index is 14.0. The van der Waals surface area contributed by atoms with Crippen LogP contribution in [0, 0.1) is 0 Å². The zero-order valence-corrected chi connectivity index (χ0v) is 24.6. The number of ketones is 2. The van der Waals surface area contributed by atoms with E-state index in [-0.39, 0.29) is 37.6 Å². The van der Waals surface area contributed by atoms with Crippen LogP contribution in [0.5, 0.6) is 0 Å². The Balaban J connectivity index is 3.50. The van der Waals surface area contributed by atoms with Gasteiger partial charge >= 0.3 is 11.9 Å². The van der Waals surface area contributed by atoms with Crippen molar-refractivity contribution in [2.45, 2.75) is 111 Å². The largest absolute Gasteiger partial charge is 0.463 e. The molecule has 1 rings (SSSR count). The monoisotopic (exact) mass is 548 g/mol. The van der Waals surface area contributed by atoms with Gasteiger partial charge in [-0.1, -0.05) is 84.9 Å². The first-order valence-electron chi connectivity index (χ1n) is 14.6. The third-order valence-corrected chi connectivity index (χ3v) is 6.14. The fraction of sp³-hybridized carbons (Fsp3) is 0.677. The summed E-state index contributed by atoms with van der Waals surface area (Å²) < 4.78 is 22.2. The Labute approximate surface area is 234 Å². The van der Waals surface area contributed by atoms with Gasteiger partial charge in [0, 0.05) is 24.3 Å². The van der Waals surface area contributed by atoms with Gasteiger partial charge in [0.05, 0.1) is 13.2 Å². The number of carbonyl (C=O) groups is 4. The van der Waals surface area contributed by atoms with Crippen LogP contribution in [0.3, 0.4) is 0 Å². The first kappa shape index (κ1) is 34.4. The molecule has 0 radical (unpaired) electrons. The molecule has 0 saturated carbocycles. The molecule has 0 N–H and O–H groups in total. The number of esters is 2. The Hall–Kier alpha value is -2.58. The lowest BCUT2D eigenvalue weighted by Crippen LogP contribution is -2.39. The van der Waals surface area contributed by atoms with Gasteiger partial charge in [-0.3, -0.25) is 9.59 Å². The maximum atomic E-state index is 14.0. The Bertz CT molecular complexity index is 895. The molecular formula is C31H48O8. The minimum Gasteiger partial charge on any atom is -0.463 e. The van der Waals surface area contributed by atoms with E-state index < -0.39 is 35.7 Å². The molecule has 1 aromatic rings. The van der Waals surface area contributed by atoms with Gasteiger partial charge in [-0.05, 0) is 37.7 Å². The molecule has 39 heavy (non-hydrogen) atoms. The highest BCUT2D eigenvalue weighted by atomic mass is 16.6. The van der Waals surface area contributed by atoms with E-state index in [0.717, 1.165) is 25.7 Å². The molecule has 0 aliphatic carbocycles. The fourth-order valence-corrected chi connectivity index (χ4v) is 3.82. The maximum Gasteiger partial charge on any atom is 0.343 e. The number of Topliss-reactive ketones (excluding diaryl/α,β-unsaturated/α-hetero) is 2. The molecule has 0 amide bonds. The highest BCUT2D eigenvalue weighted by molar-refractivity contribution is 6.20. The van der Waals surface area contributed by atoms with E-state index in [1.54, 1.807) is 12.1 Å². The highest BCUT2D eigenvalue weighted by Crippen LogP contribution is 2.24. The Morgan fingerprint density at radius 3 is 1.54 bits per heavy atom. The molecule has 0 heterocycles. The predicted molar refractivity (Wildman–Crippen MR) is 150 cm³/mol. The van der Waals surface area contributed by atoms with E-state index in [2.05, 4.69) is 0 Å². The number of benzene rings is 1. The Morgan fingerprint density at radius 2 is 1.08 bits per heavy atom. The molecule has 0 aromatic heterocycles. The summed E-state index contributed by atoms with van der Waals surface area (Å²) >= 11 is 0. The lowest BCUT2D eigenvalue weighted by molar-refractivity contribution is -0.155. The van der Waals surface area contributed by atoms with Crippen molar-refractivity contribution in [2.75, 3.05) is 26.4 Å². The Morgan fingerprint density at radius 1 is 0.615 bits per heavy atom. The number of unbranched alkanes of at least 4 members (excludes halogenated alkanes) is 4. The van der Waals surface area contributed by atoms with Gasteiger partial charge in [-0.25, -0.2) is 9.59 Å². The number of hydrogen-bond donors (Lipinski definition) is 0. The van der Waals surface area contributed by atoms with Crippen LogP contribution in [0.25, 0.3) is 0 Å². The minimum absolute atomic E-state index is 0.0188. The lowest BCUT2D eigenvalue weighted by atomic mass is 9.89. The molecule has 1 aromatic carbocycles. The molecule has 2 unspecified atom stereocenters. The standard InChI is InChI=1S/C31H48O8/c1-6-11-19-36-28(30(34)38-21-13-8-3)26(32)24-18-15-17-23(16-10-5)25(24)27(33)29(37-20-12-7-2)31(35)39-22-14-9-4/h15,17-18,28-29H,6-14,16,19-22H2,1-5H3. The molecule has 0 bridgehead atoms. The number of ether oxygens (including phenoxy) is 4. The summed E-state index contributed by atoms with van der Waals surface area (Å²) in [6, 6.07) is 4.92. The van der Waals surface area contributed by atoms with Crippen molar-refractivity contribution in [3.8, 4) is 0 Å². The van der Waals surface area contributed by atoms with Crippen LogP contribution in [0.4, 0.5) is 0 Å². The predicted octanol–water partition coefficient (Wildman–Crippen LogP) is 6.06. The molecule has 8 heteroatoms. The molecule has 0 aliphatic rings. The first-order valence-corrected chi connectivity index (χ1v) is 14.6. The van der Waals surface area contributed by atoms with Gasteiger partial charge in [-0.2, -0.15) is 0 Å². The molecular weight excluding hydrogens is 500 g/mol. The molecule has 220 valence electrons. The van der Waals surface area contributed by atoms with E-state index in [4.69, 9.17) is 18.9 Å². The van der Waals surface area contributed by atoms with Gasteiger partial charge in [0.15, 0.2) is 0 Å². The second-order valence-electron chi connectivity index (χ2n) is 9.57. The molecule has 8 nitrogen and oxygen atoms in total. The zero-order valence-electron chi connectivity index (χ0n) is 24.6. The van der Waals surface area contributed by atoms with E-state index in [1.807, 2.05) is 34.6 Å². The van der Waals surface area contributed by atoms with Crippen molar-refractivity contribution in [3.05, 3.63) is 34.9 Å². The number of aryl methyl sites for hydroxylation is 1. The van der Waals surface area contributed by atoms with Crippen LogP contribution in [0.2, 0.25) is 0 Å². The van der Waals surface area contributed by atoms with Gasteiger partial charge in [0.2, 0.25) is 23.8 Å². The van der Waals surface area contributed by atoms with Crippen LogP contribution in [-0.4, -0.2) is 62.1 Å². The van der Waals surface area contributed by atoms with Crippen LogP contribution in [0.1, 0.15) is 119 Å². The van der Waals surface area contributed by atoms with Gasteiger partial charge in [0.1, 0.15) is 0 Å². The van der Waals surface area contributed by atoms with Crippen molar-refractivity contribution in [3.63, 3.8) is 0 Å². The zero-order chi connectivity index (χ0) is 29.0. The third kappa shape index (κ3) is 11.6. The van der Waals surface area contributed by atoms with Crippen molar-refractivity contribution >= 4 is 23.5 Å². The van der Waals surface area contributed by atoms with Crippen molar-refractivity contribution in [2.24, 2.45) is 0 Å². The minimum atomic E-state index is -1.51. The summed E-state index contributed by atoms with van der Waals surface area (Å²) in [4.78, 5) is 53.7. The van der Waals surface area contributed by atoms with Crippen LogP contribution in [-0.2, 0) is 35.0 Å². The van der Waals surface area contributed by atoms with Crippen molar-refractivity contribution in [1.82, 2.24) is 0 Å². The summed E-state index contributed by atoms with van der Waals surface area (Å²) in [7, 11) is 0. The van der Waals surface area contributed by atoms with Gasteiger partial charge in [0.25, 0.3) is 0 Å². The van der Waals surface area contributed by atoms with Crippen LogP contribution in [0.15, 0.2) is 18.2 Å². The number of hydrogen-bond acceptors (Lipinski definition) is 8. The Kier molecular flexibility index (Phi) is 18.0. The summed E-state index contributed by atoms with van der Waals surface area (Å²) in [6.45, 7) is 10.6. The topological polar surface area (TPSA) is 105 Å². The fourth-order valence-electron chi connectivity index (χ4n) is 3.82. The van der Waals surface area contributed by atoms with Gasteiger partial charge in [-0.15, -0.1) is 0 Å². The second-order valence-corrected chi connectivity index (χ2v) is 9.57. The molecule has 0 fully saturated rings. The molecule has 2 atom stereocenters. The van der Waals surface area contributed by atoms with E-state index in [9.17, 15) is 19.2 Å². The number of carbonyl (C=O) groups excluding carboxylic acids is 4. The van der Waals surface area contributed by atoms with Crippen LogP contribution < -0.4 is 0 Å². The van der Waals surface area contributed by atoms with E-state index in [1.165, 1.54) is 6.07 Å². The quantitative estimate of drug-likeness (QED) is 0.0745. The average Bonchev–Trinajstić information content (AvgIpc) is 2.93. The third-order valence-electron chi connectivity index (χ3n) is 6.14. The van der Waals surface area contributed by atoms with Crippen molar-refractivity contribution < 1.29 is 38.1 Å². The van der Waals surface area contributed by atoms with Gasteiger partial charge < -0.3 is 18.9 Å². The molecule has 0 saturated heterocycles. The summed E-state index contributed by atoms with van der Waals surface area (Å²) in [5.74, 6) is -2.87. The first-order chi connectivity index (χ1) is 18.9. The second kappa shape index (κ2) is 20.3. The van der Waals surface area contributed by atoms with Crippen molar-refractivity contribution in [1.29, 1.82) is 0 Å². The van der Waals surface area contributed by atoms with Crippen LogP contribution >= 0.6 is 0 Å². The summed E-state index contributed by atoms with van der Waals surface area (Å²) in [5.41, 5.74) is 0.694. The molecule has 0 aliphatic heterocycles. The highest BCUT2D eigenvalue weighted by Gasteiger charge is 2.37. The average molecular weight is 549 g/mol. The van der Waals surface area contributed by atoms with E-state index in [0.29, 0.717) is 44.1 Å². The normalized spacial score (nSPS) is 12.5. The van der Waals surface area contributed by atoms with E-state index >= 15 is 0 Å². The molecule has 0 spiro atoms.